The third kappa shape index (κ3) is 1.83. The maximum atomic E-state index is 4.45. The number of H-pyrrole nitrogens is 1. The molecule has 2 aromatic heterocycles. The number of aromatic nitrogens is 3. The lowest BCUT2D eigenvalue weighted by molar-refractivity contribution is 0.781. The first-order chi connectivity index (χ1) is 6.68. The van der Waals surface area contributed by atoms with E-state index in [1.807, 2.05) is 0 Å². The molecule has 0 spiro atoms. The molecule has 0 bridgehead atoms. The maximum Gasteiger partial charge on any atom is 0.192 e. The minimum Gasteiger partial charge on any atom is -0.262 e. The van der Waals surface area contributed by atoms with Crippen LogP contribution in [-0.4, -0.2) is 15.2 Å². The average molecular weight is 319 g/mol. The van der Waals surface area contributed by atoms with Crippen molar-refractivity contribution < 1.29 is 0 Å². The second kappa shape index (κ2) is 3.98. The fraction of sp³-hybridized carbons (Fsp3) is 0.333. The predicted octanol–water partition coefficient (Wildman–Crippen LogP) is 3.26. The van der Waals surface area contributed by atoms with Crippen LogP contribution in [0.1, 0.15) is 25.6 Å². The van der Waals surface area contributed by atoms with Crippen LogP contribution in [0.5, 0.6) is 0 Å². The van der Waals surface area contributed by atoms with Crippen molar-refractivity contribution in [3.8, 4) is 10.7 Å². The molecule has 0 saturated carbocycles. The van der Waals surface area contributed by atoms with Crippen LogP contribution in [0, 0.1) is 3.57 Å². The molecule has 1 N–H and O–H groups in total. The fourth-order valence-electron chi connectivity index (χ4n) is 1.09. The van der Waals surface area contributed by atoms with Crippen molar-refractivity contribution in [1.82, 2.24) is 15.2 Å². The normalized spacial score (nSPS) is 11.1. The molecule has 0 saturated heterocycles. The van der Waals surface area contributed by atoms with Gasteiger partial charge in [0.1, 0.15) is 5.82 Å². The Kier molecular flexibility index (Phi) is 2.87. The van der Waals surface area contributed by atoms with E-state index in [9.17, 15) is 0 Å². The van der Waals surface area contributed by atoms with Crippen LogP contribution in [0.3, 0.4) is 0 Å². The second-order valence-electron chi connectivity index (χ2n) is 3.30. The molecular formula is C9H10IN3S. The van der Waals surface area contributed by atoms with Crippen molar-refractivity contribution in [2.45, 2.75) is 19.8 Å². The minimum absolute atomic E-state index is 0.397. The van der Waals surface area contributed by atoms with Gasteiger partial charge in [0.2, 0.25) is 0 Å². The van der Waals surface area contributed by atoms with Crippen LogP contribution in [0.2, 0.25) is 0 Å². The summed E-state index contributed by atoms with van der Waals surface area (Å²) in [5.41, 5.74) is 0. The van der Waals surface area contributed by atoms with Gasteiger partial charge in [-0.1, -0.05) is 13.8 Å². The molecule has 0 aliphatic heterocycles. The summed E-state index contributed by atoms with van der Waals surface area (Å²) in [5.74, 6) is 2.16. The van der Waals surface area contributed by atoms with Crippen LogP contribution in [0.4, 0.5) is 0 Å². The Balaban J connectivity index is 2.39. The van der Waals surface area contributed by atoms with Gasteiger partial charge in [0, 0.05) is 9.49 Å². The third-order valence-corrected chi connectivity index (χ3v) is 4.05. The molecule has 0 unspecified atom stereocenters. The molecule has 74 valence electrons. The summed E-state index contributed by atoms with van der Waals surface area (Å²) in [6.07, 6.45) is 0. The van der Waals surface area contributed by atoms with Crippen molar-refractivity contribution in [3.63, 3.8) is 0 Å². The summed E-state index contributed by atoms with van der Waals surface area (Å²) >= 11 is 3.98. The van der Waals surface area contributed by atoms with E-state index >= 15 is 0 Å². The number of halogens is 1. The van der Waals surface area contributed by atoms with Crippen LogP contribution >= 0.6 is 33.9 Å². The number of rotatable bonds is 2. The molecule has 14 heavy (non-hydrogen) atoms. The van der Waals surface area contributed by atoms with Gasteiger partial charge in [0.05, 0.1) is 4.88 Å². The Morgan fingerprint density at radius 1 is 1.50 bits per heavy atom. The number of hydrogen-bond donors (Lipinski definition) is 1. The van der Waals surface area contributed by atoms with E-state index in [-0.39, 0.29) is 0 Å². The standard InChI is InChI=1S/C9H10IN3S/c1-5(2)8-11-9(13-12-8)7-6(10)3-4-14-7/h3-5H,1-2H3,(H,11,12,13). The van der Waals surface area contributed by atoms with Crippen molar-refractivity contribution >= 4 is 33.9 Å². The second-order valence-corrected chi connectivity index (χ2v) is 5.37. The highest BCUT2D eigenvalue weighted by atomic mass is 127. The fourth-order valence-corrected chi connectivity index (χ4v) is 2.85. The predicted molar refractivity (Wildman–Crippen MR) is 66.5 cm³/mol. The minimum atomic E-state index is 0.397. The topological polar surface area (TPSA) is 41.6 Å². The molecule has 0 radical (unpaired) electrons. The number of nitrogens with zero attached hydrogens (tertiary/aromatic N) is 2. The van der Waals surface area contributed by atoms with E-state index in [0.717, 1.165) is 16.5 Å². The smallest absolute Gasteiger partial charge is 0.192 e. The summed E-state index contributed by atoms with van der Waals surface area (Å²) < 4.78 is 1.21. The Bertz CT molecular complexity index is 433. The summed E-state index contributed by atoms with van der Waals surface area (Å²) in [6.45, 7) is 4.20. The zero-order chi connectivity index (χ0) is 10.1. The van der Waals surface area contributed by atoms with Crippen LogP contribution in [0.25, 0.3) is 10.7 Å². The lowest BCUT2D eigenvalue weighted by atomic mass is 10.2. The van der Waals surface area contributed by atoms with Crippen LogP contribution < -0.4 is 0 Å². The highest BCUT2D eigenvalue weighted by Crippen LogP contribution is 2.28. The molecule has 0 aromatic carbocycles. The average Bonchev–Trinajstić information content (AvgIpc) is 2.71. The van der Waals surface area contributed by atoms with Crippen molar-refractivity contribution in [3.05, 3.63) is 20.8 Å². The number of nitrogens with one attached hydrogen (secondary N) is 1. The molecule has 5 heteroatoms. The molecule has 2 rings (SSSR count). The van der Waals surface area contributed by atoms with E-state index in [4.69, 9.17) is 0 Å². The zero-order valence-electron chi connectivity index (χ0n) is 7.91. The summed E-state index contributed by atoms with van der Waals surface area (Å²) in [7, 11) is 0. The van der Waals surface area contributed by atoms with E-state index in [0.29, 0.717) is 5.92 Å². The molecule has 0 atom stereocenters. The number of aromatic amines is 1. The Hall–Kier alpha value is -0.430. The summed E-state index contributed by atoms with van der Waals surface area (Å²) in [5, 5.41) is 9.23. The van der Waals surface area contributed by atoms with Gasteiger partial charge in [-0.3, -0.25) is 5.10 Å². The lowest BCUT2D eigenvalue weighted by Gasteiger charge is -1.95. The van der Waals surface area contributed by atoms with Gasteiger partial charge in [0.25, 0.3) is 0 Å². The van der Waals surface area contributed by atoms with Crippen LogP contribution in [0.15, 0.2) is 11.4 Å². The number of hydrogen-bond acceptors (Lipinski definition) is 3. The van der Waals surface area contributed by atoms with Crippen molar-refractivity contribution in [2.75, 3.05) is 0 Å². The summed E-state index contributed by atoms with van der Waals surface area (Å²) in [4.78, 5) is 5.60. The highest BCUT2D eigenvalue weighted by molar-refractivity contribution is 14.1. The Labute approximate surface area is 100 Å². The van der Waals surface area contributed by atoms with Gasteiger partial charge in [-0.05, 0) is 34.0 Å². The Morgan fingerprint density at radius 2 is 2.29 bits per heavy atom. The first-order valence-electron chi connectivity index (χ1n) is 4.34. The van der Waals surface area contributed by atoms with Gasteiger partial charge in [-0.2, -0.15) is 5.10 Å². The molecule has 2 aromatic rings. The SMILES string of the molecule is CC(C)c1nc(-c2sccc2I)n[nH]1. The first kappa shape index (κ1) is 10.1. The van der Waals surface area contributed by atoms with Crippen LogP contribution in [-0.2, 0) is 0 Å². The van der Waals surface area contributed by atoms with E-state index in [1.165, 1.54) is 3.57 Å². The molecule has 0 amide bonds. The van der Waals surface area contributed by atoms with Crippen molar-refractivity contribution in [1.29, 1.82) is 0 Å². The molecule has 0 aliphatic rings. The first-order valence-corrected chi connectivity index (χ1v) is 6.30. The van der Waals surface area contributed by atoms with Gasteiger partial charge in [-0.15, -0.1) is 11.3 Å². The molecular weight excluding hydrogens is 309 g/mol. The lowest BCUT2D eigenvalue weighted by Crippen LogP contribution is -1.89. The van der Waals surface area contributed by atoms with Gasteiger partial charge >= 0.3 is 0 Å². The zero-order valence-corrected chi connectivity index (χ0v) is 10.9. The largest absolute Gasteiger partial charge is 0.262 e. The van der Waals surface area contributed by atoms with Gasteiger partial charge < -0.3 is 0 Å². The van der Waals surface area contributed by atoms with Gasteiger partial charge in [-0.25, -0.2) is 4.98 Å². The molecule has 0 aliphatic carbocycles. The molecule has 3 nitrogen and oxygen atoms in total. The third-order valence-electron chi connectivity index (χ3n) is 1.87. The number of thiophene rings is 1. The maximum absolute atomic E-state index is 4.45. The van der Waals surface area contributed by atoms with Gasteiger partial charge in [0.15, 0.2) is 5.82 Å². The Morgan fingerprint density at radius 3 is 2.79 bits per heavy atom. The highest BCUT2D eigenvalue weighted by Gasteiger charge is 2.11. The molecule has 2 heterocycles. The van der Waals surface area contributed by atoms with Crippen molar-refractivity contribution in [2.24, 2.45) is 0 Å². The van der Waals surface area contributed by atoms with E-state index < -0.39 is 0 Å². The molecule has 0 fully saturated rings. The monoisotopic (exact) mass is 319 g/mol. The quantitative estimate of drug-likeness (QED) is 0.863. The summed E-state index contributed by atoms with van der Waals surface area (Å²) in [6, 6.07) is 2.08. The van der Waals surface area contributed by atoms with E-state index in [1.54, 1.807) is 11.3 Å². The van der Waals surface area contributed by atoms with E-state index in [2.05, 4.69) is 63.1 Å².